The lowest BCUT2D eigenvalue weighted by molar-refractivity contribution is -0.162. The summed E-state index contributed by atoms with van der Waals surface area (Å²) >= 11 is 0. The highest BCUT2D eigenvalue weighted by Crippen LogP contribution is 2.26. The molecule has 0 unspecified atom stereocenters. The van der Waals surface area contributed by atoms with Gasteiger partial charge in [0.25, 0.3) is 0 Å². The Kier molecular flexibility index (Phi) is 9.41. The predicted molar refractivity (Wildman–Crippen MR) is 112 cm³/mol. The molecule has 2 rings (SSSR count). The van der Waals surface area contributed by atoms with E-state index in [1.54, 1.807) is 0 Å². The van der Waals surface area contributed by atoms with Gasteiger partial charge in [0.1, 0.15) is 11.2 Å². The molecule has 2 aliphatic carbocycles. The van der Waals surface area contributed by atoms with E-state index < -0.39 is 0 Å². The fraction of sp³-hybridized carbons (Fsp3) is 0.909. The van der Waals surface area contributed by atoms with Gasteiger partial charge in [0.05, 0.1) is 11.8 Å². The largest absolute Gasteiger partial charge is 0.460 e. The van der Waals surface area contributed by atoms with Crippen molar-refractivity contribution in [3.05, 3.63) is 0 Å². The van der Waals surface area contributed by atoms with Gasteiger partial charge in [-0.15, -0.1) is 0 Å². The van der Waals surface area contributed by atoms with E-state index in [4.69, 9.17) is 20.9 Å². The number of carbonyl (C=O) groups excluding carboxylic acids is 2. The minimum absolute atomic E-state index is 0.0515. The maximum atomic E-state index is 11.7. The lowest BCUT2D eigenvalue weighted by Gasteiger charge is -2.28. The van der Waals surface area contributed by atoms with Crippen molar-refractivity contribution in [2.75, 3.05) is 0 Å². The van der Waals surface area contributed by atoms with Crippen LogP contribution < -0.4 is 11.5 Å². The number of ether oxygens (including phenoxy) is 2. The van der Waals surface area contributed by atoms with E-state index in [1.165, 1.54) is 0 Å². The number of hydrogen-bond acceptors (Lipinski definition) is 6. The third-order valence-corrected chi connectivity index (χ3v) is 5.02. The van der Waals surface area contributed by atoms with Crippen molar-refractivity contribution in [2.24, 2.45) is 23.3 Å². The summed E-state index contributed by atoms with van der Waals surface area (Å²) < 4.78 is 10.7. The fourth-order valence-corrected chi connectivity index (χ4v) is 3.48. The monoisotopic (exact) mass is 398 g/mol. The average Bonchev–Trinajstić information content (AvgIpc) is 2.53. The van der Waals surface area contributed by atoms with Crippen LogP contribution in [0.4, 0.5) is 0 Å². The minimum atomic E-state index is -0.364. The predicted octanol–water partition coefficient (Wildman–Crippen LogP) is 3.69. The van der Waals surface area contributed by atoms with E-state index in [2.05, 4.69) is 0 Å². The molecule has 0 amide bonds. The smallest absolute Gasteiger partial charge is 0.309 e. The number of nitrogens with two attached hydrogens (primary N) is 2. The number of hydrogen-bond donors (Lipinski definition) is 2. The SMILES string of the molecule is CC(C)(C)OC(=O)C1CCC(N)CC1.CC(C)(C)OC(=O)C1CCC(N)CC1. The van der Waals surface area contributed by atoms with Crippen LogP contribution >= 0.6 is 0 Å². The van der Waals surface area contributed by atoms with Crippen molar-refractivity contribution in [3.8, 4) is 0 Å². The van der Waals surface area contributed by atoms with Gasteiger partial charge in [-0.2, -0.15) is 0 Å². The van der Waals surface area contributed by atoms with Gasteiger partial charge < -0.3 is 20.9 Å². The van der Waals surface area contributed by atoms with Crippen LogP contribution in [-0.2, 0) is 19.1 Å². The average molecular weight is 399 g/mol. The molecule has 2 aliphatic rings. The second-order valence-corrected chi connectivity index (χ2v) is 10.3. The normalized spacial score (nSPS) is 28.6. The molecule has 164 valence electrons. The molecule has 6 nitrogen and oxygen atoms in total. The molecule has 2 fully saturated rings. The van der Waals surface area contributed by atoms with Gasteiger partial charge in [0.2, 0.25) is 0 Å². The molecule has 0 aromatic carbocycles. The van der Waals surface area contributed by atoms with E-state index in [1.807, 2.05) is 41.5 Å². The number of carbonyl (C=O) groups is 2. The molecular formula is C22H42N2O4. The highest BCUT2D eigenvalue weighted by atomic mass is 16.6. The summed E-state index contributed by atoms with van der Waals surface area (Å²) in [5, 5.41) is 0. The molecule has 0 aliphatic heterocycles. The van der Waals surface area contributed by atoms with Crippen LogP contribution in [-0.4, -0.2) is 35.2 Å². The van der Waals surface area contributed by atoms with Crippen molar-refractivity contribution >= 4 is 11.9 Å². The van der Waals surface area contributed by atoms with Gasteiger partial charge >= 0.3 is 11.9 Å². The zero-order chi connectivity index (χ0) is 21.5. The Hall–Kier alpha value is -1.14. The van der Waals surface area contributed by atoms with Crippen LogP contribution in [0.25, 0.3) is 0 Å². The van der Waals surface area contributed by atoms with Crippen LogP contribution in [0.2, 0.25) is 0 Å². The fourth-order valence-electron chi connectivity index (χ4n) is 3.48. The summed E-state index contributed by atoms with van der Waals surface area (Å²) in [4.78, 5) is 23.3. The van der Waals surface area contributed by atoms with Gasteiger partial charge in [-0.1, -0.05) is 0 Å². The Labute approximate surface area is 171 Å². The van der Waals surface area contributed by atoms with Crippen molar-refractivity contribution < 1.29 is 19.1 Å². The van der Waals surface area contributed by atoms with Crippen LogP contribution in [0.1, 0.15) is 92.9 Å². The van der Waals surface area contributed by atoms with Crippen molar-refractivity contribution in [1.29, 1.82) is 0 Å². The van der Waals surface area contributed by atoms with Crippen LogP contribution in [0.5, 0.6) is 0 Å². The topological polar surface area (TPSA) is 105 Å². The molecule has 4 N–H and O–H groups in total. The van der Waals surface area contributed by atoms with E-state index in [-0.39, 0.29) is 47.1 Å². The van der Waals surface area contributed by atoms with E-state index >= 15 is 0 Å². The second kappa shape index (κ2) is 10.6. The van der Waals surface area contributed by atoms with E-state index in [9.17, 15) is 9.59 Å². The van der Waals surface area contributed by atoms with E-state index in [0.717, 1.165) is 51.4 Å². The van der Waals surface area contributed by atoms with Crippen LogP contribution in [0, 0.1) is 11.8 Å². The van der Waals surface area contributed by atoms with Crippen LogP contribution in [0.15, 0.2) is 0 Å². The van der Waals surface area contributed by atoms with Gasteiger partial charge in [-0.25, -0.2) is 0 Å². The first-order chi connectivity index (χ1) is 12.8. The lowest BCUT2D eigenvalue weighted by atomic mass is 9.86. The van der Waals surface area contributed by atoms with E-state index in [0.29, 0.717) is 0 Å². The second-order valence-electron chi connectivity index (χ2n) is 10.3. The maximum Gasteiger partial charge on any atom is 0.309 e. The molecule has 28 heavy (non-hydrogen) atoms. The molecule has 0 radical (unpaired) electrons. The summed E-state index contributed by atoms with van der Waals surface area (Å²) in [6.45, 7) is 11.4. The first-order valence-electron chi connectivity index (χ1n) is 10.7. The Balaban J connectivity index is 0.000000280. The molecule has 0 spiro atoms. The minimum Gasteiger partial charge on any atom is -0.460 e. The summed E-state index contributed by atoms with van der Waals surface area (Å²) in [6.07, 6.45) is 7.33. The molecule has 0 saturated heterocycles. The molecule has 6 heteroatoms. The summed E-state index contributed by atoms with van der Waals surface area (Å²) in [5.41, 5.74) is 10.8. The first kappa shape index (κ1) is 24.9. The Morgan fingerprint density at radius 1 is 0.607 bits per heavy atom. The molecule has 0 aromatic rings. The molecule has 0 heterocycles. The maximum absolute atomic E-state index is 11.7. The lowest BCUT2D eigenvalue weighted by Crippen LogP contribution is -2.34. The molecule has 0 atom stereocenters. The number of rotatable bonds is 2. The Bertz CT molecular complexity index is 446. The first-order valence-corrected chi connectivity index (χ1v) is 10.7. The molecular weight excluding hydrogens is 356 g/mol. The quantitative estimate of drug-likeness (QED) is 0.687. The van der Waals surface area contributed by atoms with Gasteiger partial charge in [0, 0.05) is 12.1 Å². The third kappa shape index (κ3) is 10.4. The zero-order valence-corrected chi connectivity index (χ0v) is 18.8. The Morgan fingerprint density at radius 2 is 0.857 bits per heavy atom. The molecule has 0 aromatic heterocycles. The van der Waals surface area contributed by atoms with Crippen molar-refractivity contribution in [2.45, 2.75) is 116 Å². The van der Waals surface area contributed by atoms with Crippen molar-refractivity contribution in [1.82, 2.24) is 0 Å². The highest BCUT2D eigenvalue weighted by Gasteiger charge is 2.29. The standard InChI is InChI=1S/2C11H21NO2/c2*1-11(2,3)14-10(13)8-4-6-9(12)7-5-8/h2*8-9H,4-7,12H2,1-3H3. The molecule has 0 bridgehead atoms. The third-order valence-electron chi connectivity index (χ3n) is 5.02. The van der Waals surface area contributed by atoms with Gasteiger partial charge in [0.15, 0.2) is 0 Å². The Morgan fingerprint density at radius 3 is 1.07 bits per heavy atom. The number of esters is 2. The van der Waals surface area contributed by atoms with Crippen LogP contribution in [0.3, 0.4) is 0 Å². The van der Waals surface area contributed by atoms with Gasteiger partial charge in [-0.05, 0) is 92.9 Å². The summed E-state index contributed by atoms with van der Waals surface area (Å²) in [5.74, 6) is 0.0526. The summed E-state index contributed by atoms with van der Waals surface area (Å²) in [7, 11) is 0. The zero-order valence-electron chi connectivity index (χ0n) is 18.8. The molecule has 2 saturated carbocycles. The van der Waals surface area contributed by atoms with Gasteiger partial charge in [-0.3, -0.25) is 9.59 Å². The highest BCUT2D eigenvalue weighted by molar-refractivity contribution is 5.73. The van der Waals surface area contributed by atoms with Crippen molar-refractivity contribution in [3.63, 3.8) is 0 Å². The summed E-state index contributed by atoms with van der Waals surface area (Å²) in [6, 6.07) is 0.572.